The Morgan fingerprint density at radius 2 is 2.18 bits per heavy atom. The van der Waals surface area contributed by atoms with Crippen molar-refractivity contribution in [3.63, 3.8) is 0 Å². The van der Waals surface area contributed by atoms with E-state index in [1.165, 1.54) is 0 Å². The number of carbonyl (C=O) groups excluding carboxylic acids is 1. The maximum absolute atomic E-state index is 10.6. The lowest BCUT2D eigenvalue weighted by Crippen LogP contribution is -2.27. The Morgan fingerprint density at radius 1 is 1.64 bits per heavy atom. The molecule has 66 valence electrons. The lowest BCUT2D eigenvalue weighted by molar-refractivity contribution is -0.117. The van der Waals surface area contributed by atoms with E-state index < -0.39 is 0 Å². The first-order valence-electron chi connectivity index (χ1n) is 3.88. The average molecular weight is 159 g/mol. The summed E-state index contributed by atoms with van der Waals surface area (Å²) in [6.45, 7) is 4.57. The van der Waals surface area contributed by atoms with Gasteiger partial charge in [-0.15, -0.1) is 0 Å². The standard InChI is InChI=1S/C8H17NO2/c1-7(10)4-5-9(3)6-8(2)11/h7,10H,4-6H2,1-3H3. The third kappa shape index (κ3) is 7.49. The number of aliphatic hydroxyl groups is 1. The van der Waals surface area contributed by atoms with Gasteiger partial charge in [-0.1, -0.05) is 0 Å². The number of carbonyl (C=O) groups is 1. The molecule has 0 aromatic rings. The minimum Gasteiger partial charge on any atom is -0.393 e. The zero-order valence-electron chi connectivity index (χ0n) is 7.50. The van der Waals surface area contributed by atoms with Crippen LogP contribution in [0.5, 0.6) is 0 Å². The van der Waals surface area contributed by atoms with Crippen molar-refractivity contribution in [3.05, 3.63) is 0 Å². The van der Waals surface area contributed by atoms with Crippen molar-refractivity contribution in [3.8, 4) is 0 Å². The zero-order valence-corrected chi connectivity index (χ0v) is 7.50. The summed E-state index contributed by atoms with van der Waals surface area (Å²) < 4.78 is 0. The molecule has 0 bridgehead atoms. The first-order chi connectivity index (χ1) is 5.02. The molecular weight excluding hydrogens is 142 g/mol. The molecule has 0 aliphatic carbocycles. The summed E-state index contributed by atoms with van der Waals surface area (Å²) in [5, 5.41) is 8.92. The molecule has 0 saturated heterocycles. The predicted octanol–water partition coefficient (Wildman–Crippen LogP) is 0.278. The van der Waals surface area contributed by atoms with Crippen LogP contribution in [-0.4, -0.2) is 42.0 Å². The van der Waals surface area contributed by atoms with Gasteiger partial charge in [-0.2, -0.15) is 0 Å². The van der Waals surface area contributed by atoms with Crippen LogP contribution < -0.4 is 0 Å². The van der Waals surface area contributed by atoms with Crippen LogP contribution in [0.1, 0.15) is 20.3 Å². The minimum absolute atomic E-state index is 0.165. The molecule has 1 unspecified atom stereocenters. The molecule has 0 heterocycles. The second-order valence-electron chi connectivity index (χ2n) is 3.08. The van der Waals surface area contributed by atoms with Gasteiger partial charge in [0.2, 0.25) is 0 Å². The SMILES string of the molecule is CC(=O)CN(C)CCC(C)O. The van der Waals surface area contributed by atoms with E-state index in [4.69, 9.17) is 5.11 Å². The summed E-state index contributed by atoms with van der Waals surface area (Å²) in [5.41, 5.74) is 0. The van der Waals surface area contributed by atoms with Gasteiger partial charge < -0.3 is 5.11 Å². The van der Waals surface area contributed by atoms with E-state index in [2.05, 4.69) is 0 Å². The number of aliphatic hydroxyl groups excluding tert-OH is 1. The van der Waals surface area contributed by atoms with Gasteiger partial charge >= 0.3 is 0 Å². The van der Waals surface area contributed by atoms with E-state index in [0.29, 0.717) is 6.54 Å². The molecule has 0 aromatic heterocycles. The number of rotatable bonds is 5. The molecule has 0 rings (SSSR count). The highest BCUT2D eigenvalue weighted by atomic mass is 16.3. The quantitative estimate of drug-likeness (QED) is 0.626. The largest absolute Gasteiger partial charge is 0.393 e. The Balaban J connectivity index is 3.37. The third-order valence-corrected chi connectivity index (χ3v) is 1.42. The maximum atomic E-state index is 10.6. The molecule has 0 saturated carbocycles. The van der Waals surface area contributed by atoms with Crippen LogP contribution in [0.4, 0.5) is 0 Å². The van der Waals surface area contributed by atoms with Gasteiger partial charge in [0.25, 0.3) is 0 Å². The van der Waals surface area contributed by atoms with Gasteiger partial charge in [-0.05, 0) is 27.3 Å². The van der Waals surface area contributed by atoms with Gasteiger partial charge in [0.05, 0.1) is 12.6 Å². The van der Waals surface area contributed by atoms with Crippen LogP contribution in [0.2, 0.25) is 0 Å². The van der Waals surface area contributed by atoms with Crippen LogP contribution in [0, 0.1) is 0 Å². The second kappa shape index (κ2) is 5.27. The highest BCUT2D eigenvalue weighted by Gasteiger charge is 2.02. The summed E-state index contributed by atoms with van der Waals surface area (Å²) in [5.74, 6) is 0.165. The maximum Gasteiger partial charge on any atom is 0.143 e. The molecule has 1 atom stereocenters. The third-order valence-electron chi connectivity index (χ3n) is 1.42. The van der Waals surface area contributed by atoms with Crippen molar-refractivity contribution in [2.75, 3.05) is 20.1 Å². The normalized spacial score (nSPS) is 13.5. The topological polar surface area (TPSA) is 40.5 Å². The molecule has 1 N–H and O–H groups in total. The number of nitrogens with zero attached hydrogens (tertiary/aromatic N) is 1. The van der Waals surface area contributed by atoms with Crippen molar-refractivity contribution >= 4 is 5.78 Å². The lowest BCUT2D eigenvalue weighted by Gasteiger charge is -2.15. The molecule has 0 amide bonds. The van der Waals surface area contributed by atoms with Crippen LogP contribution in [0.25, 0.3) is 0 Å². The molecule has 3 nitrogen and oxygen atoms in total. The van der Waals surface area contributed by atoms with Crippen LogP contribution >= 0.6 is 0 Å². The summed E-state index contributed by atoms with van der Waals surface area (Å²) in [6.07, 6.45) is 0.452. The summed E-state index contributed by atoms with van der Waals surface area (Å²) >= 11 is 0. The fourth-order valence-corrected chi connectivity index (χ4v) is 0.866. The van der Waals surface area contributed by atoms with E-state index in [1.807, 2.05) is 11.9 Å². The molecule has 3 heteroatoms. The van der Waals surface area contributed by atoms with Crippen molar-refractivity contribution in [1.82, 2.24) is 4.90 Å². The molecule has 0 aromatic carbocycles. The molecule has 0 spiro atoms. The van der Waals surface area contributed by atoms with Crippen molar-refractivity contribution in [2.45, 2.75) is 26.4 Å². The van der Waals surface area contributed by atoms with Gasteiger partial charge in [-0.3, -0.25) is 9.69 Å². The fraction of sp³-hybridized carbons (Fsp3) is 0.875. The van der Waals surface area contributed by atoms with Gasteiger partial charge in [-0.25, -0.2) is 0 Å². The highest BCUT2D eigenvalue weighted by Crippen LogP contribution is 1.92. The number of Topliss-reactive ketones (excluding diaryl/α,β-unsaturated/α-hetero) is 1. The van der Waals surface area contributed by atoms with E-state index in [1.54, 1.807) is 13.8 Å². The van der Waals surface area contributed by atoms with Crippen LogP contribution in [0.3, 0.4) is 0 Å². The number of likely N-dealkylation sites (N-methyl/N-ethyl adjacent to an activating group) is 1. The summed E-state index contributed by atoms with van der Waals surface area (Å²) in [4.78, 5) is 12.5. The van der Waals surface area contributed by atoms with Gasteiger partial charge in [0.1, 0.15) is 5.78 Å². The summed E-state index contributed by atoms with van der Waals surface area (Å²) in [6, 6.07) is 0. The van der Waals surface area contributed by atoms with Crippen LogP contribution in [0.15, 0.2) is 0 Å². The monoisotopic (exact) mass is 159 g/mol. The Bertz CT molecular complexity index is 123. The predicted molar refractivity (Wildman–Crippen MR) is 44.5 cm³/mol. The lowest BCUT2D eigenvalue weighted by atomic mass is 10.2. The number of hydrogen-bond donors (Lipinski definition) is 1. The molecular formula is C8H17NO2. The first-order valence-corrected chi connectivity index (χ1v) is 3.88. The molecule has 0 radical (unpaired) electrons. The second-order valence-corrected chi connectivity index (χ2v) is 3.08. The average Bonchev–Trinajstić information content (AvgIpc) is 1.82. The highest BCUT2D eigenvalue weighted by molar-refractivity contribution is 5.77. The van der Waals surface area contributed by atoms with Crippen molar-refractivity contribution in [1.29, 1.82) is 0 Å². The van der Waals surface area contributed by atoms with Gasteiger partial charge in [0, 0.05) is 6.54 Å². The van der Waals surface area contributed by atoms with E-state index >= 15 is 0 Å². The van der Waals surface area contributed by atoms with Crippen LogP contribution in [-0.2, 0) is 4.79 Å². The van der Waals surface area contributed by atoms with Crippen molar-refractivity contribution in [2.24, 2.45) is 0 Å². The van der Waals surface area contributed by atoms with E-state index in [0.717, 1.165) is 13.0 Å². The van der Waals surface area contributed by atoms with Gasteiger partial charge in [0.15, 0.2) is 0 Å². The van der Waals surface area contributed by atoms with E-state index in [-0.39, 0.29) is 11.9 Å². The Labute approximate surface area is 68.0 Å². The fourth-order valence-electron chi connectivity index (χ4n) is 0.866. The van der Waals surface area contributed by atoms with E-state index in [9.17, 15) is 4.79 Å². The molecule has 11 heavy (non-hydrogen) atoms. The number of hydrogen-bond acceptors (Lipinski definition) is 3. The first kappa shape index (κ1) is 10.6. The molecule has 0 aliphatic heterocycles. The molecule has 0 fully saturated rings. The smallest absolute Gasteiger partial charge is 0.143 e. The molecule has 0 aliphatic rings. The number of ketones is 1. The zero-order chi connectivity index (χ0) is 8.85. The Hall–Kier alpha value is -0.410. The van der Waals surface area contributed by atoms with Crippen molar-refractivity contribution < 1.29 is 9.90 Å². The Kier molecular flexibility index (Phi) is 5.07. The minimum atomic E-state index is -0.274. The summed E-state index contributed by atoms with van der Waals surface area (Å²) in [7, 11) is 1.88. The Morgan fingerprint density at radius 3 is 2.55 bits per heavy atom.